The first kappa shape index (κ1) is 13.5. The number of hydrogen-bond acceptors (Lipinski definition) is 3. The predicted octanol–water partition coefficient (Wildman–Crippen LogP) is 2.31. The van der Waals surface area contributed by atoms with E-state index in [2.05, 4.69) is 0 Å². The summed E-state index contributed by atoms with van der Waals surface area (Å²) in [6.07, 6.45) is -4.50. The molecular formula is C12H12F3NO3. The first-order chi connectivity index (χ1) is 8.77. The van der Waals surface area contributed by atoms with Gasteiger partial charge in [-0.3, -0.25) is 9.69 Å². The number of hydrogen-bond donors (Lipinski definition) is 1. The third-order valence-electron chi connectivity index (χ3n) is 3.15. The Morgan fingerprint density at radius 3 is 2.47 bits per heavy atom. The van der Waals surface area contributed by atoms with Crippen LogP contribution in [0.4, 0.5) is 18.9 Å². The van der Waals surface area contributed by atoms with Crippen LogP contribution in [-0.2, 0) is 4.79 Å². The number of phenolic OH excluding ortho intramolecular Hbond substituents is 1. The van der Waals surface area contributed by atoms with E-state index in [1.54, 1.807) is 0 Å². The zero-order chi connectivity index (χ0) is 14.4. The average Bonchev–Trinajstić information content (AvgIpc) is 2.33. The number of rotatable bonds is 2. The molecule has 0 aliphatic carbocycles. The molecule has 0 spiro atoms. The molecule has 1 aliphatic heterocycles. The molecule has 4 nitrogen and oxygen atoms in total. The van der Waals surface area contributed by atoms with Crippen molar-refractivity contribution in [2.24, 2.45) is 5.92 Å². The van der Waals surface area contributed by atoms with E-state index in [0.29, 0.717) is 4.90 Å². The first-order valence-electron chi connectivity index (χ1n) is 5.54. The largest absolute Gasteiger partial charge is 0.504 e. The lowest BCUT2D eigenvalue weighted by Crippen LogP contribution is -2.66. The maximum Gasteiger partial charge on any atom is 0.410 e. The van der Waals surface area contributed by atoms with Crippen LogP contribution in [0, 0.1) is 5.92 Å². The maximum absolute atomic E-state index is 12.8. The average molecular weight is 275 g/mol. The lowest BCUT2D eigenvalue weighted by Gasteiger charge is -2.46. The molecule has 0 saturated carbocycles. The van der Waals surface area contributed by atoms with Gasteiger partial charge in [-0.2, -0.15) is 13.2 Å². The number of β-lactam (4-membered cyclic amide) rings is 1. The van der Waals surface area contributed by atoms with Crippen molar-refractivity contribution < 1.29 is 27.8 Å². The van der Waals surface area contributed by atoms with Crippen molar-refractivity contribution in [2.75, 3.05) is 12.0 Å². The number of benzene rings is 1. The Kier molecular flexibility index (Phi) is 3.07. The van der Waals surface area contributed by atoms with Gasteiger partial charge in [-0.05, 0) is 12.1 Å². The van der Waals surface area contributed by atoms with Gasteiger partial charge in [0.05, 0.1) is 13.0 Å². The Hall–Kier alpha value is -1.92. The maximum atomic E-state index is 12.8. The SMILES string of the molecule is COc1ccc(N2C(=O)C(C)C2C(F)(F)F)cc1O. The minimum atomic E-state index is -4.50. The van der Waals surface area contributed by atoms with Crippen molar-refractivity contribution in [3.05, 3.63) is 18.2 Å². The van der Waals surface area contributed by atoms with Gasteiger partial charge in [0.1, 0.15) is 6.04 Å². The van der Waals surface area contributed by atoms with Gasteiger partial charge in [0.2, 0.25) is 5.91 Å². The monoisotopic (exact) mass is 275 g/mol. The first-order valence-corrected chi connectivity index (χ1v) is 5.54. The summed E-state index contributed by atoms with van der Waals surface area (Å²) in [6.45, 7) is 1.24. The number of halogens is 3. The van der Waals surface area contributed by atoms with Gasteiger partial charge in [0.15, 0.2) is 11.5 Å². The molecule has 2 atom stereocenters. The van der Waals surface area contributed by atoms with E-state index in [1.165, 1.54) is 26.2 Å². The van der Waals surface area contributed by atoms with Crippen molar-refractivity contribution in [1.29, 1.82) is 0 Å². The number of methoxy groups -OCH3 is 1. The Morgan fingerprint density at radius 1 is 1.37 bits per heavy atom. The Morgan fingerprint density at radius 2 is 2.00 bits per heavy atom. The topological polar surface area (TPSA) is 49.8 Å². The minimum absolute atomic E-state index is 0.00345. The molecule has 2 rings (SSSR count). The smallest absolute Gasteiger partial charge is 0.410 e. The van der Waals surface area contributed by atoms with Crippen LogP contribution in [0.25, 0.3) is 0 Å². The summed E-state index contributed by atoms with van der Waals surface area (Å²) in [7, 11) is 1.32. The van der Waals surface area contributed by atoms with Crippen LogP contribution in [0.5, 0.6) is 11.5 Å². The Labute approximate surface area is 107 Å². The van der Waals surface area contributed by atoms with Crippen LogP contribution in [0.15, 0.2) is 18.2 Å². The molecule has 0 aromatic heterocycles. The molecule has 1 fully saturated rings. The number of amides is 1. The number of phenols is 1. The van der Waals surface area contributed by atoms with Crippen LogP contribution in [-0.4, -0.2) is 30.3 Å². The van der Waals surface area contributed by atoms with Gasteiger partial charge in [0.25, 0.3) is 0 Å². The van der Waals surface area contributed by atoms with E-state index in [0.717, 1.165) is 6.07 Å². The van der Waals surface area contributed by atoms with Crippen LogP contribution in [0.3, 0.4) is 0 Å². The second-order valence-corrected chi connectivity index (χ2v) is 4.34. The standard InChI is InChI=1S/C12H12F3NO3/c1-6-10(12(13,14)15)16(11(6)18)7-3-4-9(19-2)8(17)5-7/h3-6,10,17H,1-2H3. The molecule has 1 amide bonds. The number of anilines is 1. The van der Waals surface area contributed by atoms with Gasteiger partial charge in [-0.15, -0.1) is 0 Å². The lowest BCUT2D eigenvalue weighted by atomic mass is 9.88. The molecule has 1 saturated heterocycles. The summed E-state index contributed by atoms with van der Waals surface area (Å²) in [6, 6.07) is 1.85. The number of carbonyl (C=O) groups is 1. The van der Waals surface area contributed by atoms with Gasteiger partial charge >= 0.3 is 6.18 Å². The van der Waals surface area contributed by atoms with Crippen LogP contribution in [0.1, 0.15) is 6.92 Å². The quantitative estimate of drug-likeness (QED) is 0.843. The number of ether oxygens (including phenoxy) is 1. The summed E-state index contributed by atoms with van der Waals surface area (Å²) in [4.78, 5) is 12.2. The fraction of sp³-hybridized carbons (Fsp3) is 0.417. The summed E-state index contributed by atoms with van der Waals surface area (Å²) < 4.78 is 43.3. The van der Waals surface area contributed by atoms with E-state index in [-0.39, 0.29) is 17.2 Å². The highest BCUT2D eigenvalue weighted by Gasteiger charge is 2.59. The van der Waals surface area contributed by atoms with Crippen molar-refractivity contribution in [1.82, 2.24) is 0 Å². The predicted molar refractivity (Wildman–Crippen MR) is 61.2 cm³/mol. The number of nitrogens with zero attached hydrogens (tertiary/aromatic N) is 1. The molecule has 1 aromatic carbocycles. The fourth-order valence-corrected chi connectivity index (χ4v) is 2.18. The third kappa shape index (κ3) is 2.09. The second kappa shape index (κ2) is 4.32. The van der Waals surface area contributed by atoms with Gasteiger partial charge in [-0.25, -0.2) is 0 Å². The summed E-state index contributed by atoms with van der Waals surface area (Å²) in [5.74, 6) is -1.90. The number of carbonyl (C=O) groups excluding carboxylic acids is 1. The van der Waals surface area contributed by atoms with Crippen molar-refractivity contribution in [2.45, 2.75) is 19.1 Å². The number of alkyl halides is 3. The Bertz CT molecular complexity index is 515. The molecule has 1 aromatic rings. The molecular weight excluding hydrogens is 263 g/mol. The van der Waals surface area contributed by atoms with E-state index in [4.69, 9.17) is 4.74 Å². The zero-order valence-corrected chi connectivity index (χ0v) is 10.2. The second-order valence-electron chi connectivity index (χ2n) is 4.34. The molecule has 1 heterocycles. The molecule has 7 heteroatoms. The highest BCUT2D eigenvalue weighted by atomic mass is 19.4. The van der Waals surface area contributed by atoms with E-state index < -0.39 is 24.0 Å². The normalized spacial score (nSPS) is 23.2. The summed E-state index contributed by atoms with van der Waals surface area (Å²) in [5, 5.41) is 9.56. The van der Waals surface area contributed by atoms with Crippen molar-refractivity contribution in [3.8, 4) is 11.5 Å². The van der Waals surface area contributed by atoms with Crippen LogP contribution in [0.2, 0.25) is 0 Å². The van der Waals surface area contributed by atoms with E-state index in [9.17, 15) is 23.1 Å². The lowest BCUT2D eigenvalue weighted by molar-refractivity contribution is -0.182. The molecule has 104 valence electrons. The van der Waals surface area contributed by atoms with Crippen LogP contribution >= 0.6 is 0 Å². The molecule has 0 bridgehead atoms. The van der Waals surface area contributed by atoms with E-state index >= 15 is 0 Å². The van der Waals surface area contributed by atoms with Crippen molar-refractivity contribution in [3.63, 3.8) is 0 Å². The highest BCUT2D eigenvalue weighted by molar-refractivity contribution is 6.03. The third-order valence-corrected chi connectivity index (χ3v) is 3.15. The molecule has 1 aliphatic rings. The van der Waals surface area contributed by atoms with Gasteiger partial charge in [0, 0.05) is 11.8 Å². The zero-order valence-electron chi connectivity index (χ0n) is 10.2. The number of aromatic hydroxyl groups is 1. The molecule has 2 unspecified atom stereocenters. The fourth-order valence-electron chi connectivity index (χ4n) is 2.18. The highest BCUT2D eigenvalue weighted by Crippen LogP contribution is 2.43. The van der Waals surface area contributed by atoms with Gasteiger partial charge in [-0.1, -0.05) is 6.92 Å². The minimum Gasteiger partial charge on any atom is -0.504 e. The van der Waals surface area contributed by atoms with E-state index in [1.807, 2.05) is 0 Å². The molecule has 19 heavy (non-hydrogen) atoms. The van der Waals surface area contributed by atoms with Crippen LogP contribution < -0.4 is 9.64 Å². The molecule has 0 radical (unpaired) electrons. The molecule has 1 N–H and O–H groups in total. The summed E-state index contributed by atoms with van der Waals surface area (Å²) in [5.41, 5.74) is 0.00345. The van der Waals surface area contributed by atoms with Gasteiger partial charge < -0.3 is 9.84 Å². The van der Waals surface area contributed by atoms with Crippen molar-refractivity contribution >= 4 is 11.6 Å². The Balaban J connectivity index is 2.35. The summed E-state index contributed by atoms with van der Waals surface area (Å²) >= 11 is 0.